The molecular formula is C20H23N3O5S. The number of sulfonamides is 1. The molecule has 1 amide bonds. The summed E-state index contributed by atoms with van der Waals surface area (Å²) in [4.78, 5) is 12.6. The Morgan fingerprint density at radius 3 is 2.52 bits per heavy atom. The van der Waals surface area contributed by atoms with Crippen LogP contribution in [0.5, 0.6) is 11.5 Å². The van der Waals surface area contributed by atoms with Gasteiger partial charge in [0.1, 0.15) is 0 Å². The Hall–Kier alpha value is -2.91. The molecule has 0 radical (unpaired) electrons. The Kier molecular flexibility index (Phi) is 6.19. The van der Waals surface area contributed by atoms with Crippen LogP contribution in [0.25, 0.3) is 0 Å². The maximum Gasteiger partial charge on any atom is 0.271 e. The number of nitrogens with zero attached hydrogens (tertiary/aromatic N) is 2. The molecule has 3 rings (SSSR count). The van der Waals surface area contributed by atoms with Crippen molar-refractivity contribution in [3.8, 4) is 11.5 Å². The zero-order chi connectivity index (χ0) is 21.0. The van der Waals surface area contributed by atoms with Gasteiger partial charge < -0.3 is 9.47 Å². The van der Waals surface area contributed by atoms with E-state index in [-0.39, 0.29) is 17.3 Å². The van der Waals surface area contributed by atoms with Gasteiger partial charge in [0.15, 0.2) is 11.5 Å². The highest BCUT2D eigenvalue weighted by atomic mass is 32.2. The van der Waals surface area contributed by atoms with E-state index in [9.17, 15) is 13.2 Å². The Labute approximate surface area is 170 Å². The second kappa shape index (κ2) is 8.62. The molecule has 0 fully saturated rings. The Bertz CT molecular complexity index is 1050. The van der Waals surface area contributed by atoms with E-state index in [1.807, 2.05) is 6.07 Å². The standard InChI is InChI=1S/C20H23N3O5S/c1-4-23(5-2)29(25,26)17-8-6-7-16(11-17)20(24)22-21-14(3)15-9-10-18-19(12-15)28-13-27-18/h6-12H,4-5,13H2,1-3H3,(H,22,24)/b21-14-. The van der Waals surface area contributed by atoms with Gasteiger partial charge in [-0.25, -0.2) is 13.8 Å². The maximum atomic E-state index is 12.7. The summed E-state index contributed by atoms with van der Waals surface area (Å²) < 4.78 is 37.3. The lowest BCUT2D eigenvalue weighted by Crippen LogP contribution is -2.30. The molecule has 0 unspecified atom stereocenters. The lowest BCUT2D eigenvalue weighted by atomic mass is 10.1. The number of nitrogens with one attached hydrogen (secondary N) is 1. The molecular weight excluding hydrogens is 394 g/mol. The first-order valence-corrected chi connectivity index (χ1v) is 10.7. The second-order valence-corrected chi connectivity index (χ2v) is 8.26. The van der Waals surface area contributed by atoms with Gasteiger partial charge in [-0.3, -0.25) is 4.79 Å². The molecule has 1 N–H and O–H groups in total. The maximum absolute atomic E-state index is 12.7. The summed E-state index contributed by atoms with van der Waals surface area (Å²) >= 11 is 0. The van der Waals surface area contributed by atoms with Crippen molar-refractivity contribution in [3.63, 3.8) is 0 Å². The van der Waals surface area contributed by atoms with Crippen molar-refractivity contribution in [2.75, 3.05) is 19.9 Å². The molecule has 29 heavy (non-hydrogen) atoms. The van der Waals surface area contributed by atoms with Crippen molar-refractivity contribution in [2.45, 2.75) is 25.7 Å². The predicted molar refractivity (Wildman–Crippen MR) is 109 cm³/mol. The van der Waals surface area contributed by atoms with Crippen molar-refractivity contribution < 1.29 is 22.7 Å². The summed E-state index contributed by atoms with van der Waals surface area (Å²) in [7, 11) is -3.65. The zero-order valence-electron chi connectivity index (χ0n) is 16.5. The largest absolute Gasteiger partial charge is 0.454 e. The number of benzene rings is 2. The van der Waals surface area contributed by atoms with E-state index in [0.717, 1.165) is 5.56 Å². The zero-order valence-corrected chi connectivity index (χ0v) is 17.3. The number of hydrazone groups is 1. The van der Waals surface area contributed by atoms with Gasteiger partial charge in [-0.1, -0.05) is 19.9 Å². The minimum atomic E-state index is -3.65. The van der Waals surface area contributed by atoms with E-state index in [2.05, 4.69) is 10.5 Å². The predicted octanol–water partition coefficient (Wildman–Crippen LogP) is 2.60. The number of carbonyl (C=O) groups excluding carboxylic acids is 1. The van der Waals surface area contributed by atoms with Crippen molar-refractivity contribution >= 4 is 21.6 Å². The summed E-state index contributed by atoms with van der Waals surface area (Å²) in [6, 6.07) is 11.3. The normalized spacial score (nSPS) is 13.6. The third-order valence-electron chi connectivity index (χ3n) is 4.55. The molecule has 0 aromatic heterocycles. The molecule has 0 atom stereocenters. The summed E-state index contributed by atoms with van der Waals surface area (Å²) in [6.45, 7) is 6.18. The molecule has 0 saturated heterocycles. The first-order valence-electron chi connectivity index (χ1n) is 9.21. The number of hydrogen-bond donors (Lipinski definition) is 1. The summed E-state index contributed by atoms with van der Waals surface area (Å²) in [6.07, 6.45) is 0. The summed E-state index contributed by atoms with van der Waals surface area (Å²) in [5, 5.41) is 4.12. The highest BCUT2D eigenvalue weighted by Crippen LogP contribution is 2.32. The second-order valence-electron chi connectivity index (χ2n) is 6.32. The van der Waals surface area contributed by atoms with Crippen LogP contribution >= 0.6 is 0 Å². The smallest absolute Gasteiger partial charge is 0.271 e. The van der Waals surface area contributed by atoms with E-state index in [1.165, 1.54) is 16.4 Å². The quantitative estimate of drug-likeness (QED) is 0.552. The van der Waals surface area contributed by atoms with Crippen molar-refractivity contribution in [2.24, 2.45) is 5.10 Å². The van der Waals surface area contributed by atoms with Crippen molar-refractivity contribution in [1.29, 1.82) is 0 Å². The first-order chi connectivity index (χ1) is 13.9. The van der Waals surface area contributed by atoms with Crippen LogP contribution in [-0.4, -0.2) is 44.2 Å². The molecule has 0 aliphatic carbocycles. The molecule has 9 heteroatoms. The SMILES string of the molecule is CCN(CC)S(=O)(=O)c1cccc(C(=O)N/N=C(/C)c2ccc3c(c2)OCO3)c1. The van der Waals surface area contributed by atoms with Gasteiger partial charge in [0, 0.05) is 24.2 Å². The highest BCUT2D eigenvalue weighted by Gasteiger charge is 2.22. The first kappa shape index (κ1) is 20.8. The molecule has 154 valence electrons. The van der Waals surface area contributed by atoms with Crippen LogP contribution in [0, 0.1) is 0 Å². The number of carbonyl (C=O) groups is 1. The van der Waals surface area contributed by atoms with Crippen LogP contribution in [0.15, 0.2) is 52.5 Å². The van der Waals surface area contributed by atoms with Gasteiger partial charge in [0.05, 0.1) is 10.6 Å². The minimum absolute atomic E-state index is 0.0744. The Morgan fingerprint density at radius 2 is 1.79 bits per heavy atom. The third kappa shape index (κ3) is 4.41. The monoisotopic (exact) mass is 417 g/mol. The van der Waals surface area contributed by atoms with Gasteiger partial charge >= 0.3 is 0 Å². The van der Waals surface area contributed by atoms with Crippen LogP contribution in [0.2, 0.25) is 0 Å². The number of fused-ring (bicyclic) bond motifs is 1. The van der Waals surface area contributed by atoms with Gasteiger partial charge in [0.25, 0.3) is 5.91 Å². The fraction of sp³-hybridized carbons (Fsp3) is 0.300. The van der Waals surface area contributed by atoms with Crippen LogP contribution in [0.3, 0.4) is 0 Å². The number of ether oxygens (including phenoxy) is 2. The molecule has 2 aromatic rings. The average molecular weight is 417 g/mol. The van der Waals surface area contributed by atoms with Crippen molar-refractivity contribution in [3.05, 3.63) is 53.6 Å². The third-order valence-corrected chi connectivity index (χ3v) is 6.60. The minimum Gasteiger partial charge on any atom is -0.454 e. The van der Waals surface area contributed by atoms with E-state index >= 15 is 0 Å². The molecule has 1 aliphatic rings. The van der Waals surface area contributed by atoms with Crippen LogP contribution < -0.4 is 14.9 Å². The van der Waals surface area contributed by atoms with Gasteiger partial charge in [0.2, 0.25) is 16.8 Å². The summed E-state index contributed by atoms with van der Waals surface area (Å²) in [5.41, 5.74) is 4.02. The molecule has 8 nitrogen and oxygen atoms in total. The fourth-order valence-electron chi connectivity index (χ4n) is 2.90. The molecule has 0 bridgehead atoms. The molecule has 0 saturated carbocycles. The van der Waals surface area contributed by atoms with E-state index in [4.69, 9.17) is 9.47 Å². The topological polar surface area (TPSA) is 97.3 Å². The van der Waals surface area contributed by atoms with Gasteiger partial charge in [-0.15, -0.1) is 0 Å². The average Bonchev–Trinajstić information content (AvgIpc) is 3.20. The molecule has 1 aliphatic heterocycles. The fourth-order valence-corrected chi connectivity index (χ4v) is 4.40. The number of amides is 1. The van der Waals surface area contributed by atoms with Crippen LogP contribution in [0.4, 0.5) is 0 Å². The number of rotatable bonds is 7. The lowest BCUT2D eigenvalue weighted by molar-refractivity contribution is 0.0954. The molecule has 0 spiro atoms. The van der Waals surface area contributed by atoms with E-state index < -0.39 is 15.9 Å². The highest BCUT2D eigenvalue weighted by molar-refractivity contribution is 7.89. The van der Waals surface area contributed by atoms with Crippen LogP contribution in [0.1, 0.15) is 36.7 Å². The van der Waals surface area contributed by atoms with Crippen LogP contribution in [-0.2, 0) is 10.0 Å². The van der Waals surface area contributed by atoms with E-state index in [1.54, 1.807) is 45.0 Å². The number of hydrogen-bond acceptors (Lipinski definition) is 6. The summed E-state index contributed by atoms with van der Waals surface area (Å²) in [5.74, 6) is 0.788. The Balaban J connectivity index is 1.76. The molecule has 2 aromatic carbocycles. The lowest BCUT2D eigenvalue weighted by Gasteiger charge is -2.18. The van der Waals surface area contributed by atoms with Gasteiger partial charge in [-0.05, 0) is 43.3 Å². The molecule has 1 heterocycles. The van der Waals surface area contributed by atoms with E-state index in [0.29, 0.717) is 30.3 Å². The Morgan fingerprint density at radius 1 is 1.07 bits per heavy atom. The van der Waals surface area contributed by atoms with Gasteiger partial charge in [-0.2, -0.15) is 9.41 Å². The van der Waals surface area contributed by atoms with Crippen molar-refractivity contribution in [1.82, 2.24) is 9.73 Å².